The average Bonchev–Trinajstić information content (AvgIpc) is 3.22. The highest BCUT2D eigenvalue weighted by Gasteiger charge is 2.33. The number of halogens is 1. The minimum atomic E-state index is -0.685. The van der Waals surface area contributed by atoms with Crippen molar-refractivity contribution in [1.29, 1.82) is 0 Å². The van der Waals surface area contributed by atoms with E-state index in [9.17, 15) is 14.4 Å². The predicted octanol–water partition coefficient (Wildman–Crippen LogP) is 3.43. The van der Waals surface area contributed by atoms with Gasteiger partial charge in [-0.05, 0) is 50.1 Å². The van der Waals surface area contributed by atoms with Crippen LogP contribution in [0.5, 0.6) is 11.5 Å². The summed E-state index contributed by atoms with van der Waals surface area (Å²) in [5.41, 5.74) is 3.02. The quantitative estimate of drug-likeness (QED) is 0.358. The average molecular weight is 616 g/mol. The fraction of sp³-hybridized carbons (Fsp3) is 0.286. The van der Waals surface area contributed by atoms with Gasteiger partial charge < -0.3 is 18.9 Å². The Hall–Kier alpha value is -3.70. The molecule has 1 aliphatic rings. The predicted molar refractivity (Wildman–Crippen MR) is 150 cm³/mol. The maximum atomic E-state index is 13.8. The lowest BCUT2D eigenvalue weighted by Gasteiger charge is -2.24. The first-order chi connectivity index (χ1) is 18.7. The molecular weight excluding hydrogens is 588 g/mol. The minimum Gasteiger partial charge on any atom is -0.493 e. The number of hydrogen-bond donors (Lipinski definition) is 0. The van der Waals surface area contributed by atoms with Crippen molar-refractivity contribution in [1.82, 2.24) is 4.57 Å². The highest BCUT2D eigenvalue weighted by molar-refractivity contribution is 9.10. The van der Waals surface area contributed by atoms with E-state index in [1.165, 1.54) is 25.6 Å². The van der Waals surface area contributed by atoms with Crippen LogP contribution in [0, 0.1) is 6.92 Å². The van der Waals surface area contributed by atoms with Crippen LogP contribution in [0.3, 0.4) is 0 Å². The van der Waals surface area contributed by atoms with E-state index in [4.69, 9.17) is 14.2 Å². The number of benzene rings is 2. The summed E-state index contributed by atoms with van der Waals surface area (Å²) < 4.78 is 23.5. The monoisotopic (exact) mass is 614 g/mol. The van der Waals surface area contributed by atoms with Gasteiger partial charge >= 0.3 is 11.9 Å². The molecule has 1 atom stereocenters. The molecule has 1 aliphatic heterocycles. The fourth-order valence-electron chi connectivity index (χ4n) is 4.13. The molecule has 0 radical (unpaired) electrons. The zero-order chi connectivity index (χ0) is 28.3. The van der Waals surface area contributed by atoms with Crippen molar-refractivity contribution >= 4 is 45.3 Å². The van der Waals surface area contributed by atoms with Crippen LogP contribution >= 0.6 is 27.3 Å². The van der Waals surface area contributed by atoms with E-state index >= 15 is 0 Å². The summed E-state index contributed by atoms with van der Waals surface area (Å²) in [7, 11) is 2.76. The van der Waals surface area contributed by atoms with E-state index in [1.807, 2.05) is 31.2 Å². The fourth-order valence-corrected chi connectivity index (χ4v) is 5.60. The third-order valence-electron chi connectivity index (χ3n) is 6.05. The highest BCUT2D eigenvalue weighted by Crippen LogP contribution is 2.34. The molecule has 0 aliphatic carbocycles. The molecule has 9 nitrogen and oxygen atoms in total. The molecule has 1 aromatic heterocycles. The molecular formula is C28H27BrN2O7S. The summed E-state index contributed by atoms with van der Waals surface area (Å²) in [6.45, 7) is 5.38. The Labute approximate surface area is 237 Å². The van der Waals surface area contributed by atoms with Crippen LogP contribution in [0.1, 0.15) is 36.6 Å². The molecule has 0 unspecified atom stereocenters. The Bertz CT molecular complexity index is 1640. The maximum Gasteiger partial charge on any atom is 0.343 e. The SMILES string of the molecule is CCOC(=O)C1=C(C)N=c2s/c(=C/c3cc(OC)c(OCC(=O)OC)cc3Br)c(=O)n2[C@H]1c1ccc(C)cc1. The van der Waals surface area contributed by atoms with E-state index < -0.39 is 18.0 Å². The maximum absolute atomic E-state index is 13.8. The van der Waals surface area contributed by atoms with Gasteiger partial charge in [-0.15, -0.1) is 0 Å². The molecule has 2 heterocycles. The third-order valence-corrected chi connectivity index (χ3v) is 7.72. The van der Waals surface area contributed by atoms with Gasteiger partial charge in [0.2, 0.25) is 0 Å². The second-order valence-corrected chi connectivity index (χ2v) is 10.5. The number of carbonyl (C=O) groups is 2. The van der Waals surface area contributed by atoms with Crippen molar-refractivity contribution in [3.05, 3.63) is 88.5 Å². The first-order valence-electron chi connectivity index (χ1n) is 12.0. The van der Waals surface area contributed by atoms with Gasteiger partial charge in [-0.1, -0.05) is 57.1 Å². The molecule has 2 aromatic carbocycles. The number of rotatable bonds is 8. The summed E-state index contributed by atoms with van der Waals surface area (Å²) in [4.78, 5) is 43.4. The van der Waals surface area contributed by atoms with Gasteiger partial charge in [0, 0.05) is 4.47 Å². The summed E-state index contributed by atoms with van der Waals surface area (Å²) in [6, 6.07) is 10.4. The summed E-state index contributed by atoms with van der Waals surface area (Å²) in [6.07, 6.45) is 1.72. The van der Waals surface area contributed by atoms with Gasteiger partial charge in [-0.2, -0.15) is 0 Å². The Morgan fingerprint density at radius 1 is 1.13 bits per heavy atom. The van der Waals surface area contributed by atoms with E-state index in [0.29, 0.717) is 42.1 Å². The van der Waals surface area contributed by atoms with Crippen LogP contribution in [0.15, 0.2) is 61.9 Å². The van der Waals surface area contributed by atoms with E-state index in [-0.39, 0.29) is 18.8 Å². The van der Waals surface area contributed by atoms with Gasteiger partial charge in [-0.25, -0.2) is 14.6 Å². The van der Waals surface area contributed by atoms with Crippen LogP contribution in [0.2, 0.25) is 0 Å². The molecule has 0 amide bonds. The minimum absolute atomic E-state index is 0.204. The summed E-state index contributed by atoms with van der Waals surface area (Å²) in [5, 5.41) is 0. The Kier molecular flexibility index (Phi) is 8.71. The standard InChI is InChI=1S/C28H27BrN2O7S/c1-6-37-27(34)24-16(3)30-28-31(25(24)17-9-7-15(2)8-10-17)26(33)22(39-28)12-18-11-20(35-4)21(13-19(18)29)38-14-23(32)36-5/h7-13,25H,6,14H2,1-5H3/b22-12+/t25-/m0/s1. The Morgan fingerprint density at radius 3 is 2.49 bits per heavy atom. The molecule has 0 saturated carbocycles. The lowest BCUT2D eigenvalue weighted by atomic mass is 9.95. The zero-order valence-corrected chi connectivity index (χ0v) is 24.5. The lowest BCUT2D eigenvalue weighted by Crippen LogP contribution is -2.39. The van der Waals surface area contributed by atoms with Crippen LogP contribution < -0.4 is 24.4 Å². The highest BCUT2D eigenvalue weighted by atomic mass is 79.9. The van der Waals surface area contributed by atoms with Crippen LogP contribution in [0.25, 0.3) is 6.08 Å². The summed E-state index contributed by atoms with van der Waals surface area (Å²) >= 11 is 4.74. The smallest absolute Gasteiger partial charge is 0.343 e. The number of carbonyl (C=O) groups excluding carboxylic acids is 2. The molecule has 39 heavy (non-hydrogen) atoms. The molecule has 11 heteroatoms. The number of aromatic nitrogens is 1. The summed E-state index contributed by atoms with van der Waals surface area (Å²) in [5.74, 6) is -0.325. The Balaban J connectivity index is 1.86. The number of esters is 2. The van der Waals surface area contributed by atoms with Gasteiger partial charge in [0.1, 0.15) is 0 Å². The number of ether oxygens (including phenoxy) is 4. The molecule has 4 rings (SSSR count). The van der Waals surface area contributed by atoms with Crippen molar-refractivity contribution in [2.24, 2.45) is 4.99 Å². The van der Waals surface area contributed by atoms with Crippen LogP contribution in [-0.2, 0) is 19.1 Å². The number of allylic oxidation sites excluding steroid dienone is 1. The van der Waals surface area contributed by atoms with Crippen molar-refractivity contribution in [2.75, 3.05) is 27.4 Å². The van der Waals surface area contributed by atoms with E-state index in [2.05, 4.69) is 25.7 Å². The van der Waals surface area contributed by atoms with Gasteiger partial charge in [0.05, 0.1) is 42.7 Å². The molecule has 0 fully saturated rings. The molecule has 0 saturated heterocycles. The van der Waals surface area contributed by atoms with Crippen molar-refractivity contribution in [2.45, 2.75) is 26.8 Å². The van der Waals surface area contributed by atoms with Crippen molar-refractivity contribution in [3.8, 4) is 11.5 Å². The number of hydrogen-bond acceptors (Lipinski definition) is 9. The topological polar surface area (TPSA) is 105 Å². The molecule has 0 spiro atoms. The number of fused-ring (bicyclic) bond motifs is 1. The lowest BCUT2D eigenvalue weighted by molar-refractivity contribution is -0.143. The molecule has 3 aromatic rings. The second-order valence-electron chi connectivity index (χ2n) is 8.60. The molecule has 0 N–H and O–H groups in total. The van der Waals surface area contributed by atoms with Crippen molar-refractivity contribution < 1.29 is 28.5 Å². The molecule has 204 valence electrons. The largest absolute Gasteiger partial charge is 0.493 e. The van der Waals surface area contributed by atoms with Gasteiger partial charge in [-0.3, -0.25) is 9.36 Å². The normalized spacial score (nSPS) is 14.9. The first-order valence-corrected chi connectivity index (χ1v) is 13.6. The number of thiazole rings is 1. The van der Waals surface area contributed by atoms with Gasteiger partial charge in [0.25, 0.3) is 5.56 Å². The van der Waals surface area contributed by atoms with Crippen molar-refractivity contribution in [3.63, 3.8) is 0 Å². The van der Waals surface area contributed by atoms with Crippen LogP contribution in [-0.4, -0.2) is 43.9 Å². The zero-order valence-electron chi connectivity index (χ0n) is 22.1. The first kappa shape index (κ1) is 28.3. The van der Waals surface area contributed by atoms with Gasteiger partial charge in [0.15, 0.2) is 22.9 Å². The molecule has 0 bridgehead atoms. The number of methoxy groups -OCH3 is 2. The van der Waals surface area contributed by atoms with Crippen LogP contribution in [0.4, 0.5) is 0 Å². The number of aryl methyl sites for hydroxylation is 1. The number of nitrogens with zero attached hydrogens (tertiary/aromatic N) is 2. The Morgan fingerprint density at radius 2 is 1.85 bits per heavy atom. The van der Waals surface area contributed by atoms with E-state index in [0.717, 1.165) is 11.1 Å². The second kappa shape index (κ2) is 12.0. The van der Waals surface area contributed by atoms with E-state index in [1.54, 1.807) is 36.6 Å². The third kappa shape index (κ3) is 5.84.